The molecular weight excluding hydrogens is 319 g/mol. The van der Waals surface area contributed by atoms with Crippen LogP contribution in [0.25, 0.3) is 0 Å². The summed E-state index contributed by atoms with van der Waals surface area (Å²) < 4.78 is 20.0. The van der Waals surface area contributed by atoms with Crippen LogP contribution in [0, 0.1) is 12.7 Å². The minimum Gasteiger partial charge on any atom is -0.488 e. The predicted molar refractivity (Wildman–Crippen MR) is 74.6 cm³/mol. The van der Waals surface area contributed by atoms with Crippen molar-refractivity contribution < 1.29 is 9.13 Å². The molecule has 0 aliphatic carbocycles. The first kappa shape index (κ1) is 13.4. The van der Waals surface area contributed by atoms with Crippen molar-refractivity contribution in [3.63, 3.8) is 0 Å². The van der Waals surface area contributed by atoms with E-state index in [2.05, 4.69) is 15.9 Å². The lowest BCUT2D eigenvalue weighted by molar-refractivity contribution is 0.297. The van der Waals surface area contributed by atoms with Gasteiger partial charge in [-0.25, -0.2) is 4.39 Å². The molecule has 0 saturated heterocycles. The molecule has 0 aliphatic rings. The van der Waals surface area contributed by atoms with Gasteiger partial charge in [-0.3, -0.25) is 0 Å². The van der Waals surface area contributed by atoms with Crippen LogP contribution in [0.1, 0.15) is 11.1 Å². The lowest BCUT2D eigenvalue weighted by Gasteiger charge is -2.10. The van der Waals surface area contributed by atoms with E-state index in [-0.39, 0.29) is 12.4 Å². The molecule has 0 saturated carbocycles. The smallest absolute Gasteiger partial charge is 0.129 e. The highest BCUT2D eigenvalue weighted by Crippen LogP contribution is 2.24. The summed E-state index contributed by atoms with van der Waals surface area (Å²) in [6.45, 7) is 2.10. The van der Waals surface area contributed by atoms with Crippen molar-refractivity contribution in [3.05, 3.63) is 62.8 Å². The van der Waals surface area contributed by atoms with Crippen LogP contribution >= 0.6 is 27.5 Å². The molecule has 0 spiro atoms. The normalized spacial score (nSPS) is 10.4. The van der Waals surface area contributed by atoms with Crippen LogP contribution in [-0.4, -0.2) is 0 Å². The van der Waals surface area contributed by atoms with Gasteiger partial charge in [-0.15, -0.1) is 0 Å². The Bertz CT molecular complexity index is 520. The van der Waals surface area contributed by atoms with Gasteiger partial charge in [0.25, 0.3) is 0 Å². The Morgan fingerprint density at radius 3 is 2.78 bits per heavy atom. The summed E-state index contributed by atoms with van der Waals surface area (Å²) in [4.78, 5) is 0. The average Bonchev–Trinajstić information content (AvgIpc) is 2.34. The minimum absolute atomic E-state index is 0.156. The zero-order chi connectivity index (χ0) is 13.1. The molecule has 0 atom stereocenters. The van der Waals surface area contributed by atoms with Gasteiger partial charge in [0.2, 0.25) is 0 Å². The minimum atomic E-state index is -0.313. The first-order chi connectivity index (χ1) is 8.56. The van der Waals surface area contributed by atoms with Crippen LogP contribution in [0.2, 0.25) is 5.02 Å². The lowest BCUT2D eigenvalue weighted by atomic mass is 10.2. The van der Waals surface area contributed by atoms with E-state index >= 15 is 0 Å². The molecule has 0 N–H and O–H groups in total. The first-order valence-corrected chi connectivity index (χ1v) is 6.56. The van der Waals surface area contributed by atoms with Crippen LogP contribution in [-0.2, 0) is 6.61 Å². The van der Waals surface area contributed by atoms with Crippen LogP contribution in [0.4, 0.5) is 4.39 Å². The van der Waals surface area contributed by atoms with Gasteiger partial charge in [-0.2, -0.15) is 0 Å². The van der Waals surface area contributed by atoms with Crippen LogP contribution < -0.4 is 4.74 Å². The Kier molecular flexibility index (Phi) is 4.25. The first-order valence-electron chi connectivity index (χ1n) is 5.39. The molecule has 0 radical (unpaired) electrons. The quantitative estimate of drug-likeness (QED) is 0.758. The molecule has 2 aromatic carbocycles. The maximum absolute atomic E-state index is 13.5. The molecule has 0 fully saturated rings. The highest BCUT2D eigenvalue weighted by atomic mass is 79.9. The Morgan fingerprint density at radius 1 is 1.22 bits per heavy atom. The highest BCUT2D eigenvalue weighted by Gasteiger charge is 2.06. The highest BCUT2D eigenvalue weighted by molar-refractivity contribution is 9.10. The summed E-state index contributed by atoms with van der Waals surface area (Å²) in [6, 6.07) is 10.2. The second kappa shape index (κ2) is 5.72. The topological polar surface area (TPSA) is 9.23 Å². The van der Waals surface area contributed by atoms with Gasteiger partial charge >= 0.3 is 0 Å². The van der Waals surface area contributed by atoms with E-state index in [4.69, 9.17) is 16.3 Å². The largest absolute Gasteiger partial charge is 0.488 e. The van der Waals surface area contributed by atoms with Crippen LogP contribution in [0.3, 0.4) is 0 Å². The molecule has 2 rings (SSSR count). The van der Waals surface area contributed by atoms with Crippen LogP contribution in [0.5, 0.6) is 5.75 Å². The second-order valence-electron chi connectivity index (χ2n) is 3.93. The fourth-order valence-corrected chi connectivity index (χ4v) is 2.07. The zero-order valence-electron chi connectivity index (χ0n) is 9.71. The number of halogens is 3. The summed E-state index contributed by atoms with van der Waals surface area (Å²) in [7, 11) is 0. The maximum Gasteiger partial charge on any atom is 0.129 e. The van der Waals surface area contributed by atoms with Gasteiger partial charge in [0.05, 0.1) is 0 Å². The van der Waals surface area contributed by atoms with E-state index in [0.29, 0.717) is 10.6 Å². The Hall–Kier alpha value is -1.06. The van der Waals surface area contributed by atoms with Crippen molar-refractivity contribution >= 4 is 27.5 Å². The van der Waals surface area contributed by atoms with Gasteiger partial charge in [-0.05, 0) is 42.8 Å². The van der Waals surface area contributed by atoms with Gasteiger partial charge in [0.15, 0.2) is 0 Å². The van der Waals surface area contributed by atoms with E-state index in [1.54, 1.807) is 6.07 Å². The van der Waals surface area contributed by atoms with Crippen LogP contribution in [0.15, 0.2) is 40.9 Å². The molecule has 0 bridgehead atoms. The molecule has 1 nitrogen and oxygen atoms in total. The number of hydrogen-bond acceptors (Lipinski definition) is 1. The summed E-state index contributed by atoms with van der Waals surface area (Å²) in [5.74, 6) is 0.413. The Labute approximate surface area is 119 Å². The van der Waals surface area contributed by atoms with Crippen molar-refractivity contribution in [2.75, 3.05) is 0 Å². The Morgan fingerprint density at radius 2 is 2.00 bits per heavy atom. The second-order valence-corrected chi connectivity index (χ2v) is 5.29. The third-order valence-corrected chi connectivity index (χ3v) is 3.27. The number of hydrogen-bond donors (Lipinski definition) is 0. The van der Waals surface area contributed by atoms with Crippen molar-refractivity contribution in [2.24, 2.45) is 0 Å². The maximum atomic E-state index is 13.5. The fraction of sp³-hybridized carbons (Fsp3) is 0.143. The molecule has 0 aromatic heterocycles. The van der Waals surface area contributed by atoms with E-state index in [0.717, 1.165) is 15.8 Å². The summed E-state index contributed by atoms with van der Waals surface area (Å²) in [5, 5.41) is 0.501. The van der Waals surface area contributed by atoms with Gasteiger partial charge in [0, 0.05) is 15.1 Å². The summed E-state index contributed by atoms with van der Waals surface area (Å²) in [6.07, 6.45) is 0. The third kappa shape index (κ3) is 3.24. The lowest BCUT2D eigenvalue weighted by Crippen LogP contribution is -1.99. The monoisotopic (exact) mass is 328 g/mol. The van der Waals surface area contributed by atoms with E-state index < -0.39 is 0 Å². The Balaban J connectivity index is 2.16. The molecular formula is C14H11BrClFO. The molecule has 0 heterocycles. The third-order valence-electron chi connectivity index (χ3n) is 2.54. The van der Waals surface area contributed by atoms with E-state index in [1.165, 1.54) is 12.1 Å². The standard InChI is InChI=1S/C14H11BrClFO/c1-9-2-3-11(15)7-14(9)18-8-10-6-12(16)4-5-13(10)17/h2-7H,8H2,1H3. The van der Waals surface area contributed by atoms with E-state index in [1.807, 2.05) is 25.1 Å². The average molecular weight is 330 g/mol. The molecule has 18 heavy (non-hydrogen) atoms. The van der Waals surface area contributed by atoms with Crippen molar-refractivity contribution in [1.82, 2.24) is 0 Å². The van der Waals surface area contributed by atoms with E-state index in [9.17, 15) is 4.39 Å². The summed E-state index contributed by atoms with van der Waals surface area (Å²) >= 11 is 9.20. The predicted octanol–water partition coefficient (Wildman–Crippen LogP) is 5.13. The van der Waals surface area contributed by atoms with Gasteiger partial charge in [-0.1, -0.05) is 33.6 Å². The zero-order valence-corrected chi connectivity index (χ0v) is 12.1. The molecule has 0 amide bonds. The summed E-state index contributed by atoms with van der Waals surface area (Å²) in [5.41, 5.74) is 1.45. The van der Waals surface area contributed by atoms with Crippen molar-refractivity contribution in [1.29, 1.82) is 0 Å². The molecule has 94 valence electrons. The SMILES string of the molecule is Cc1ccc(Br)cc1OCc1cc(Cl)ccc1F. The van der Waals surface area contributed by atoms with Crippen molar-refractivity contribution in [3.8, 4) is 5.75 Å². The number of rotatable bonds is 3. The molecule has 0 aliphatic heterocycles. The van der Waals surface area contributed by atoms with Gasteiger partial charge < -0.3 is 4.74 Å². The molecule has 2 aromatic rings. The molecule has 0 unspecified atom stereocenters. The fourth-order valence-electron chi connectivity index (χ4n) is 1.54. The van der Waals surface area contributed by atoms with Gasteiger partial charge in [0.1, 0.15) is 18.2 Å². The number of ether oxygens (including phenoxy) is 1. The number of aryl methyl sites for hydroxylation is 1. The number of benzene rings is 2. The van der Waals surface area contributed by atoms with Crippen molar-refractivity contribution in [2.45, 2.75) is 13.5 Å². The molecule has 4 heteroatoms.